The maximum atomic E-state index is 13.8. The average Bonchev–Trinajstić information content (AvgIpc) is 3.32. The normalized spacial score (nSPS) is 16.8. The lowest BCUT2D eigenvalue weighted by molar-refractivity contribution is 0.289. The fourth-order valence-corrected chi connectivity index (χ4v) is 3.71. The molecule has 6 heteroatoms. The Balaban J connectivity index is 1.66. The smallest absolute Gasteiger partial charge is 0.123 e. The Hall–Kier alpha value is -2.54. The van der Waals surface area contributed by atoms with E-state index in [1.807, 2.05) is 22.9 Å². The first-order valence-electron chi connectivity index (χ1n) is 9.67. The monoisotopic (exact) mass is 379 g/mol. The second-order valence-corrected chi connectivity index (χ2v) is 7.55. The van der Waals surface area contributed by atoms with Crippen molar-refractivity contribution >= 4 is 0 Å². The van der Waals surface area contributed by atoms with Gasteiger partial charge in [0.05, 0.1) is 11.4 Å². The van der Waals surface area contributed by atoms with Crippen molar-refractivity contribution in [3.8, 4) is 16.9 Å². The van der Waals surface area contributed by atoms with Gasteiger partial charge in [-0.15, -0.1) is 0 Å². The molecule has 1 aliphatic rings. The van der Waals surface area contributed by atoms with Crippen molar-refractivity contribution in [3.63, 3.8) is 0 Å². The second-order valence-electron chi connectivity index (χ2n) is 7.55. The fraction of sp³-hybridized carbons (Fsp3) is 0.318. The number of halogens is 1. The van der Waals surface area contributed by atoms with Gasteiger partial charge in [0.25, 0.3) is 0 Å². The minimum Gasteiger partial charge on any atom is -0.300 e. The molecule has 1 aromatic heterocycles. The zero-order chi connectivity index (χ0) is 19.5. The van der Waals surface area contributed by atoms with Gasteiger partial charge in [-0.1, -0.05) is 24.3 Å². The van der Waals surface area contributed by atoms with Crippen molar-refractivity contribution in [1.29, 1.82) is 0 Å². The molecule has 1 fully saturated rings. The van der Waals surface area contributed by atoms with Crippen molar-refractivity contribution in [3.05, 3.63) is 71.7 Å². The predicted octanol–water partition coefficient (Wildman–Crippen LogP) is 3.29. The Morgan fingerprint density at radius 2 is 2.07 bits per heavy atom. The van der Waals surface area contributed by atoms with Gasteiger partial charge in [0.2, 0.25) is 0 Å². The first kappa shape index (κ1) is 18.8. The highest BCUT2D eigenvalue weighted by Crippen LogP contribution is 2.26. The van der Waals surface area contributed by atoms with Gasteiger partial charge in [0.1, 0.15) is 5.82 Å². The van der Waals surface area contributed by atoms with E-state index in [1.165, 1.54) is 11.6 Å². The van der Waals surface area contributed by atoms with Gasteiger partial charge < -0.3 is 4.90 Å². The summed E-state index contributed by atoms with van der Waals surface area (Å²) in [6, 6.07) is 15.3. The fourth-order valence-electron chi connectivity index (χ4n) is 3.71. The van der Waals surface area contributed by atoms with E-state index in [4.69, 9.17) is 5.10 Å². The minimum atomic E-state index is -0.247. The van der Waals surface area contributed by atoms with Gasteiger partial charge in [-0.25, -0.2) is 9.07 Å². The molecule has 2 heterocycles. The van der Waals surface area contributed by atoms with Crippen molar-refractivity contribution in [2.75, 3.05) is 20.1 Å². The average molecular weight is 379 g/mol. The molecule has 2 N–H and O–H groups in total. The molecule has 3 aromatic rings. The quantitative estimate of drug-likeness (QED) is 0.690. The summed E-state index contributed by atoms with van der Waals surface area (Å²) in [6.07, 6.45) is 3.18. The highest BCUT2D eigenvalue weighted by atomic mass is 19.1. The van der Waals surface area contributed by atoms with Gasteiger partial charge in [-0.2, -0.15) is 5.10 Å². The van der Waals surface area contributed by atoms with Crippen LogP contribution >= 0.6 is 0 Å². The van der Waals surface area contributed by atoms with Crippen LogP contribution in [0.2, 0.25) is 0 Å². The van der Waals surface area contributed by atoms with Crippen molar-refractivity contribution in [1.82, 2.24) is 25.5 Å². The van der Waals surface area contributed by atoms with Crippen molar-refractivity contribution in [2.45, 2.75) is 25.9 Å². The van der Waals surface area contributed by atoms with Crippen LogP contribution in [0.15, 0.2) is 54.7 Å². The van der Waals surface area contributed by atoms with Crippen LogP contribution in [0.1, 0.15) is 17.5 Å². The number of benzene rings is 2. The first-order valence-corrected chi connectivity index (χ1v) is 9.67. The minimum absolute atomic E-state index is 0.247. The molecule has 28 heavy (non-hydrogen) atoms. The van der Waals surface area contributed by atoms with E-state index in [0.717, 1.165) is 48.6 Å². The Morgan fingerprint density at radius 3 is 2.82 bits per heavy atom. The van der Waals surface area contributed by atoms with Gasteiger partial charge in [0.15, 0.2) is 0 Å². The Morgan fingerprint density at radius 1 is 1.21 bits per heavy atom. The van der Waals surface area contributed by atoms with Crippen LogP contribution in [0, 0.1) is 12.7 Å². The molecule has 0 amide bonds. The van der Waals surface area contributed by atoms with Crippen molar-refractivity contribution < 1.29 is 4.39 Å². The van der Waals surface area contributed by atoms with E-state index >= 15 is 0 Å². The largest absolute Gasteiger partial charge is 0.300 e. The number of hydrazine groups is 1. The number of nitrogens with zero attached hydrogens (tertiary/aromatic N) is 3. The van der Waals surface area contributed by atoms with Crippen LogP contribution in [0.4, 0.5) is 4.39 Å². The molecule has 4 rings (SSSR count). The highest BCUT2D eigenvalue weighted by molar-refractivity contribution is 5.63. The van der Waals surface area contributed by atoms with Gasteiger partial charge >= 0.3 is 0 Å². The molecule has 0 bridgehead atoms. The van der Waals surface area contributed by atoms with Crippen LogP contribution in [0.5, 0.6) is 0 Å². The first-order chi connectivity index (χ1) is 13.6. The summed E-state index contributed by atoms with van der Waals surface area (Å²) in [7, 11) is 2.11. The Labute approximate surface area is 165 Å². The SMILES string of the molecule is Cc1cccc(-n2cc(CN(C)CC3CCNN3)c(-c3cccc(F)c3)n2)c1. The van der Waals surface area contributed by atoms with E-state index in [1.54, 1.807) is 12.1 Å². The van der Waals surface area contributed by atoms with E-state index in [2.05, 4.69) is 48.1 Å². The summed E-state index contributed by atoms with van der Waals surface area (Å²) in [5.74, 6) is -0.247. The third kappa shape index (κ3) is 4.30. The van der Waals surface area contributed by atoms with E-state index in [9.17, 15) is 4.39 Å². The van der Waals surface area contributed by atoms with Gasteiger partial charge in [0, 0.05) is 43.0 Å². The predicted molar refractivity (Wildman–Crippen MR) is 110 cm³/mol. The third-order valence-corrected chi connectivity index (χ3v) is 5.05. The molecule has 1 atom stereocenters. The summed E-state index contributed by atoms with van der Waals surface area (Å²) < 4.78 is 15.7. The van der Waals surface area contributed by atoms with Crippen LogP contribution < -0.4 is 10.9 Å². The van der Waals surface area contributed by atoms with Crippen LogP contribution in [-0.4, -0.2) is 40.9 Å². The molecule has 146 valence electrons. The molecule has 2 aromatic carbocycles. The maximum absolute atomic E-state index is 13.8. The maximum Gasteiger partial charge on any atom is 0.123 e. The summed E-state index contributed by atoms with van der Waals surface area (Å²) in [4.78, 5) is 2.28. The lowest BCUT2D eigenvalue weighted by Crippen LogP contribution is -2.38. The zero-order valence-corrected chi connectivity index (χ0v) is 16.3. The van der Waals surface area contributed by atoms with Gasteiger partial charge in [-0.3, -0.25) is 10.9 Å². The molecule has 1 aliphatic heterocycles. The Bertz CT molecular complexity index is 946. The second kappa shape index (κ2) is 8.22. The standard InChI is InChI=1S/C22H26FN5/c1-16-5-3-8-21(11-16)28-14-18(13-27(2)15-20-9-10-24-25-20)22(26-28)17-6-4-7-19(23)12-17/h3-8,11-12,14,20,24-25H,9-10,13,15H2,1-2H3. The molecule has 1 unspecified atom stereocenters. The lowest BCUT2D eigenvalue weighted by Gasteiger charge is -2.20. The van der Waals surface area contributed by atoms with E-state index in [-0.39, 0.29) is 5.82 Å². The van der Waals surface area contributed by atoms with Gasteiger partial charge in [-0.05, 0) is 50.2 Å². The molecular weight excluding hydrogens is 353 g/mol. The zero-order valence-electron chi connectivity index (χ0n) is 16.3. The van der Waals surface area contributed by atoms with E-state index < -0.39 is 0 Å². The summed E-state index contributed by atoms with van der Waals surface area (Å²) in [5, 5.41) is 4.81. The molecule has 1 saturated heterocycles. The summed E-state index contributed by atoms with van der Waals surface area (Å²) in [6.45, 7) is 4.75. The lowest BCUT2D eigenvalue weighted by atomic mass is 10.1. The Kier molecular flexibility index (Phi) is 5.52. The van der Waals surface area contributed by atoms with Crippen LogP contribution in [0.3, 0.4) is 0 Å². The number of aromatic nitrogens is 2. The molecule has 5 nitrogen and oxygen atoms in total. The molecule has 0 aliphatic carbocycles. The summed E-state index contributed by atoms with van der Waals surface area (Å²) in [5.41, 5.74) is 11.4. The number of aryl methyl sites for hydroxylation is 1. The van der Waals surface area contributed by atoms with Crippen LogP contribution in [-0.2, 0) is 6.54 Å². The highest BCUT2D eigenvalue weighted by Gasteiger charge is 2.19. The topological polar surface area (TPSA) is 45.1 Å². The summed E-state index contributed by atoms with van der Waals surface area (Å²) >= 11 is 0. The van der Waals surface area contributed by atoms with Crippen LogP contribution in [0.25, 0.3) is 16.9 Å². The molecular formula is C22H26FN5. The molecule has 0 radical (unpaired) electrons. The number of likely N-dealkylation sites (N-methyl/N-ethyl adjacent to an activating group) is 1. The molecule has 0 saturated carbocycles. The number of hydrogen-bond donors (Lipinski definition) is 2. The number of rotatable bonds is 6. The molecule has 0 spiro atoms. The third-order valence-electron chi connectivity index (χ3n) is 5.05. The number of hydrogen-bond acceptors (Lipinski definition) is 4. The van der Waals surface area contributed by atoms with E-state index in [0.29, 0.717) is 6.04 Å². The van der Waals surface area contributed by atoms with Crippen molar-refractivity contribution in [2.24, 2.45) is 0 Å². The number of nitrogens with one attached hydrogen (secondary N) is 2.